The van der Waals surface area contributed by atoms with Crippen LogP contribution in [-0.2, 0) is 15.1 Å². The number of urea groups is 1. The van der Waals surface area contributed by atoms with Gasteiger partial charge >= 0.3 is 12.0 Å². The lowest BCUT2D eigenvalue weighted by molar-refractivity contribution is -0.137. The Morgan fingerprint density at radius 1 is 1.36 bits per heavy atom. The molecule has 2 aliphatic rings. The molecule has 6 nitrogen and oxygen atoms in total. The number of hydrogen-bond donors (Lipinski definition) is 2. The number of nitrogens with one attached hydrogen (secondary N) is 1. The molecule has 1 aliphatic heterocycles. The fourth-order valence-corrected chi connectivity index (χ4v) is 5.11. The molecule has 2 atom stereocenters. The van der Waals surface area contributed by atoms with Crippen LogP contribution < -0.4 is 5.32 Å². The van der Waals surface area contributed by atoms with Gasteiger partial charge in [-0.2, -0.15) is 0 Å². The summed E-state index contributed by atoms with van der Waals surface area (Å²) in [7, 11) is 1.65. The van der Waals surface area contributed by atoms with E-state index in [4.69, 9.17) is 21.4 Å². The molecule has 0 aromatic heterocycles. The Labute approximate surface area is 202 Å². The number of aliphatic carboxylic acids is 1. The van der Waals surface area contributed by atoms with Crippen molar-refractivity contribution >= 4 is 23.6 Å². The van der Waals surface area contributed by atoms with Crippen molar-refractivity contribution in [2.75, 3.05) is 13.7 Å². The van der Waals surface area contributed by atoms with Gasteiger partial charge in [-0.25, -0.2) is 4.79 Å². The van der Waals surface area contributed by atoms with Crippen molar-refractivity contribution in [2.24, 2.45) is 11.3 Å². The van der Waals surface area contributed by atoms with Crippen molar-refractivity contribution in [3.8, 4) is 0 Å². The predicted octanol–water partition coefficient (Wildman–Crippen LogP) is 5.90. The Morgan fingerprint density at radius 3 is 2.58 bits per heavy atom. The Hall–Kier alpha value is -2.05. The molecule has 1 fully saturated rings. The molecule has 2 N–H and O–H groups in total. The maximum absolute atomic E-state index is 12.9. The Bertz CT molecular complexity index is 933. The number of carbonyl (C=O) groups is 2. The first-order valence-electron chi connectivity index (χ1n) is 11.7. The molecule has 1 heterocycles. The van der Waals surface area contributed by atoms with E-state index in [9.17, 15) is 9.59 Å². The quantitative estimate of drug-likeness (QED) is 0.489. The zero-order chi connectivity index (χ0) is 24.6. The third-order valence-electron chi connectivity index (χ3n) is 7.43. The van der Waals surface area contributed by atoms with Crippen molar-refractivity contribution in [3.63, 3.8) is 0 Å². The van der Waals surface area contributed by atoms with Crippen LogP contribution in [0.15, 0.2) is 30.0 Å². The second-order valence-electron chi connectivity index (χ2n) is 10.8. The van der Waals surface area contributed by atoms with Gasteiger partial charge in [0.15, 0.2) is 0 Å². The molecule has 3 rings (SSSR count). The molecule has 33 heavy (non-hydrogen) atoms. The van der Waals surface area contributed by atoms with Gasteiger partial charge in [-0.15, -0.1) is 0 Å². The number of benzene rings is 1. The topological polar surface area (TPSA) is 78.9 Å². The van der Waals surface area contributed by atoms with Crippen LogP contribution in [0, 0.1) is 11.3 Å². The molecular formula is C26H37ClN2O4. The lowest BCUT2D eigenvalue weighted by Gasteiger charge is -2.45. The van der Waals surface area contributed by atoms with Crippen molar-refractivity contribution in [3.05, 3.63) is 46.1 Å². The van der Waals surface area contributed by atoms with Crippen molar-refractivity contribution < 1.29 is 19.4 Å². The maximum atomic E-state index is 12.9. The third kappa shape index (κ3) is 5.55. The summed E-state index contributed by atoms with van der Waals surface area (Å²) in [6.07, 6.45) is 4.47. The largest absolute Gasteiger partial charge is 0.481 e. The van der Waals surface area contributed by atoms with Crippen LogP contribution in [0.2, 0.25) is 5.02 Å². The fraction of sp³-hybridized carbons (Fsp3) is 0.615. The van der Waals surface area contributed by atoms with Gasteiger partial charge in [-0.05, 0) is 73.1 Å². The van der Waals surface area contributed by atoms with Crippen LogP contribution in [0.1, 0.15) is 77.3 Å². The predicted molar refractivity (Wildman–Crippen MR) is 130 cm³/mol. The Balaban J connectivity index is 1.89. The molecule has 182 valence electrons. The highest BCUT2D eigenvalue weighted by atomic mass is 35.5. The summed E-state index contributed by atoms with van der Waals surface area (Å²) < 4.78 is 5.48. The molecule has 1 unspecified atom stereocenters. The van der Waals surface area contributed by atoms with Gasteiger partial charge < -0.3 is 20.1 Å². The number of carboxylic acids is 1. The number of ether oxygens (including phenoxy) is 1. The minimum absolute atomic E-state index is 0.0639. The van der Waals surface area contributed by atoms with Gasteiger partial charge in [0.05, 0.1) is 18.1 Å². The van der Waals surface area contributed by atoms with E-state index in [2.05, 4.69) is 38.2 Å². The first kappa shape index (κ1) is 25.6. The van der Waals surface area contributed by atoms with Crippen LogP contribution in [0.3, 0.4) is 0 Å². The van der Waals surface area contributed by atoms with Gasteiger partial charge in [-0.1, -0.05) is 44.5 Å². The van der Waals surface area contributed by atoms with E-state index in [0.717, 1.165) is 29.0 Å². The number of amides is 2. The fourth-order valence-electron chi connectivity index (χ4n) is 4.78. The van der Waals surface area contributed by atoms with E-state index < -0.39 is 11.5 Å². The smallest absolute Gasteiger partial charge is 0.322 e. The number of rotatable bonds is 8. The highest BCUT2D eigenvalue weighted by Crippen LogP contribution is 2.51. The second kappa shape index (κ2) is 9.67. The zero-order valence-corrected chi connectivity index (χ0v) is 21.3. The van der Waals surface area contributed by atoms with Crippen LogP contribution >= 0.6 is 11.6 Å². The van der Waals surface area contributed by atoms with Crippen LogP contribution in [0.25, 0.3) is 0 Å². The van der Waals surface area contributed by atoms with Gasteiger partial charge in [0, 0.05) is 24.9 Å². The Morgan fingerprint density at radius 2 is 2.03 bits per heavy atom. The Kier molecular flexibility index (Phi) is 7.49. The molecular weight excluding hydrogens is 440 g/mol. The van der Waals surface area contributed by atoms with Gasteiger partial charge in [-0.3, -0.25) is 4.79 Å². The van der Waals surface area contributed by atoms with Gasteiger partial charge in [0.1, 0.15) is 0 Å². The average molecular weight is 477 g/mol. The van der Waals surface area contributed by atoms with Crippen molar-refractivity contribution in [1.29, 1.82) is 0 Å². The number of carbonyl (C=O) groups excluding carboxylic acids is 1. The molecule has 0 bridgehead atoms. The summed E-state index contributed by atoms with van der Waals surface area (Å²) in [5.41, 5.74) is 2.57. The van der Waals surface area contributed by atoms with Gasteiger partial charge in [0.25, 0.3) is 0 Å². The van der Waals surface area contributed by atoms with E-state index in [1.54, 1.807) is 13.3 Å². The first-order chi connectivity index (χ1) is 15.3. The van der Waals surface area contributed by atoms with Crippen LogP contribution in [-0.4, -0.2) is 41.8 Å². The monoisotopic (exact) mass is 476 g/mol. The molecule has 1 aromatic carbocycles. The number of carboxylic acid groups (broad SMARTS) is 1. The average Bonchev–Trinajstić information content (AvgIpc) is 2.67. The summed E-state index contributed by atoms with van der Waals surface area (Å²) in [4.78, 5) is 25.3. The first-order valence-corrected chi connectivity index (χ1v) is 12.1. The van der Waals surface area contributed by atoms with Crippen LogP contribution in [0.5, 0.6) is 0 Å². The van der Waals surface area contributed by atoms with Gasteiger partial charge in [0.2, 0.25) is 0 Å². The lowest BCUT2D eigenvalue weighted by Crippen LogP contribution is -2.54. The minimum Gasteiger partial charge on any atom is -0.481 e. The van der Waals surface area contributed by atoms with Crippen molar-refractivity contribution in [1.82, 2.24) is 10.2 Å². The highest BCUT2D eigenvalue weighted by molar-refractivity contribution is 6.31. The van der Waals surface area contributed by atoms with Crippen molar-refractivity contribution in [2.45, 2.75) is 77.9 Å². The number of methoxy groups -OCH3 is 1. The highest BCUT2D eigenvalue weighted by Gasteiger charge is 2.41. The molecule has 0 radical (unpaired) electrons. The van der Waals surface area contributed by atoms with E-state index in [1.165, 1.54) is 10.5 Å². The molecule has 2 amide bonds. The summed E-state index contributed by atoms with van der Waals surface area (Å²) in [6.45, 7) is 10.9. The molecule has 1 saturated carbocycles. The standard InChI is InChI=1S/C26H37ClN2O4/c1-16(33-6)11-20-15-29(10-9-23(30)31)24(32)28-26(20,5)18-7-8-21(22(27)14-18)17-12-19(13-17)25(2,3)4/h7-8,14-17,19H,9-13H2,1-6H3,(H,28,32)(H,30,31)/t16?,17?,19?,26-/m0/s1. The summed E-state index contributed by atoms with van der Waals surface area (Å²) in [5, 5.41) is 12.9. The number of nitrogens with zero attached hydrogens (tertiary/aromatic N) is 1. The lowest BCUT2D eigenvalue weighted by atomic mass is 9.61. The van der Waals surface area contributed by atoms with E-state index in [0.29, 0.717) is 23.7 Å². The maximum Gasteiger partial charge on any atom is 0.322 e. The molecule has 1 aliphatic carbocycles. The molecule has 7 heteroatoms. The molecule has 0 spiro atoms. The number of halogens is 1. The van der Waals surface area contributed by atoms with E-state index in [-0.39, 0.29) is 25.1 Å². The zero-order valence-electron chi connectivity index (χ0n) is 20.6. The molecule has 0 saturated heterocycles. The second-order valence-corrected chi connectivity index (χ2v) is 11.2. The van der Waals surface area contributed by atoms with E-state index >= 15 is 0 Å². The number of hydrogen-bond acceptors (Lipinski definition) is 3. The normalized spacial score (nSPS) is 26.3. The van der Waals surface area contributed by atoms with E-state index in [1.807, 2.05) is 19.9 Å². The third-order valence-corrected chi connectivity index (χ3v) is 7.76. The van der Waals surface area contributed by atoms with Crippen LogP contribution in [0.4, 0.5) is 4.79 Å². The summed E-state index contributed by atoms with van der Waals surface area (Å²) >= 11 is 6.78. The minimum atomic E-state index is -0.941. The summed E-state index contributed by atoms with van der Waals surface area (Å²) in [6, 6.07) is 5.82. The molecule has 1 aromatic rings. The summed E-state index contributed by atoms with van der Waals surface area (Å²) in [5.74, 6) is 0.234. The SMILES string of the molecule is COC(C)CC1=CN(CCC(=O)O)C(=O)N[C@@]1(C)c1ccc(C2CC(C(C)(C)C)C2)c(Cl)c1.